The van der Waals surface area contributed by atoms with E-state index < -0.39 is 0 Å². The van der Waals surface area contributed by atoms with E-state index in [0.29, 0.717) is 6.42 Å². The van der Waals surface area contributed by atoms with Gasteiger partial charge in [0.05, 0.1) is 0 Å². The van der Waals surface area contributed by atoms with Crippen LogP contribution in [-0.2, 0) is 9.53 Å². The number of carbonyl (C=O) groups excluding carboxylic acids is 1. The van der Waals surface area contributed by atoms with Gasteiger partial charge in [-0.05, 0) is 50.8 Å². The van der Waals surface area contributed by atoms with Gasteiger partial charge in [-0.25, -0.2) is 0 Å². The average Bonchev–Trinajstić information content (AvgIpc) is 2.47. The van der Waals surface area contributed by atoms with Gasteiger partial charge < -0.3 is 10.1 Å². The number of ether oxygens (including phenoxy) is 1. The highest BCUT2D eigenvalue weighted by Crippen LogP contribution is 2.15. The van der Waals surface area contributed by atoms with E-state index in [1.807, 2.05) is 51.1 Å². The molecule has 3 heteroatoms. The molecule has 1 aromatic carbocycles. The number of carbonyl (C=O) groups is 1. The molecule has 0 spiro atoms. The maximum absolute atomic E-state index is 11.7. The van der Waals surface area contributed by atoms with Crippen molar-refractivity contribution in [2.75, 3.05) is 11.9 Å². The highest BCUT2D eigenvalue weighted by molar-refractivity contribution is 5.69. The van der Waals surface area contributed by atoms with E-state index in [2.05, 4.69) is 11.9 Å². The zero-order valence-electron chi connectivity index (χ0n) is 13.4. The molecule has 0 saturated heterocycles. The first-order valence-electron chi connectivity index (χ1n) is 7.65. The maximum atomic E-state index is 11.7. The molecule has 0 saturated carbocycles. The minimum atomic E-state index is -0.345. The first kappa shape index (κ1) is 17.3. The summed E-state index contributed by atoms with van der Waals surface area (Å²) in [6, 6.07) is 8.13. The molecule has 0 aliphatic heterocycles. The smallest absolute Gasteiger partial charge is 0.306 e. The van der Waals surface area contributed by atoms with Gasteiger partial charge in [0.25, 0.3) is 0 Å². The van der Waals surface area contributed by atoms with Crippen LogP contribution in [0.3, 0.4) is 0 Å². The molecule has 0 heterocycles. The normalized spacial score (nSPS) is 11.0. The summed E-state index contributed by atoms with van der Waals surface area (Å²) >= 11 is 0. The van der Waals surface area contributed by atoms with E-state index in [4.69, 9.17) is 4.74 Å². The Balaban J connectivity index is 2.16. The molecule has 0 bridgehead atoms. The van der Waals surface area contributed by atoms with Gasteiger partial charge in [-0.1, -0.05) is 31.7 Å². The first-order valence-corrected chi connectivity index (χ1v) is 7.65. The molecule has 0 aliphatic carbocycles. The second kappa shape index (κ2) is 8.50. The third kappa shape index (κ3) is 6.98. The van der Waals surface area contributed by atoms with Gasteiger partial charge >= 0.3 is 5.97 Å². The molecule has 116 valence electrons. The average molecular weight is 289 g/mol. The monoisotopic (exact) mass is 289 g/mol. The van der Waals surface area contributed by atoms with Gasteiger partial charge in [-0.15, -0.1) is 0 Å². The summed E-state index contributed by atoms with van der Waals surface area (Å²) < 4.78 is 5.41. The Labute approximate surface area is 128 Å². The molecule has 0 aromatic heterocycles. The summed E-state index contributed by atoms with van der Waals surface area (Å²) in [7, 11) is 0. The van der Waals surface area contributed by atoms with Gasteiger partial charge in [0.2, 0.25) is 0 Å². The minimum Gasteiger partial charge on any atom is -0.460 e. The van der Waals surface area contributed by atoms with Crippen LogP contribution in [0.25, 0.3) is 6.08 Å². The predicted molar refractivity (Wildman–Crippen MR) is 89.3 cm³/mol. The molecule has 0 aliphatic rings. The van der Waals surface area contributed by atoms with E-state index in [0.717, 1.165) is 37.1 Å². The predicted octanol–water partition coefficient (Wildman–Crippen LogP) is 4.64. The van der Waals surface area contributed by atoms with E-state index in [-0.39, 0.29) is 11.6 Å². The van der Waals surface area contributed by atoms with Crippen molar-refractivity contribution in [2.24, 2.45) is 0 Å². The third-order valence-electron chi connectivity index (χ3n) is 3.52. The fourth-order valence-electron chi connectivity index (χ4n) is 1.80. The van der Waals surface area contributed by atoms with Gasteiger partial charge in [0, 0.05) is 18.7 Å². The number of hydrogen-bond acceptors (Lipinski definition) is 3. The number of anilines is 1. The second-order valence-electron chi connectivity index (χ2n) is 5.80. The Bertz CT molecular complexity index is 449. The van der Waals surface area contributed by atoms with Gasteiger partial charge in [-0.2, -0.15) is 0 Å². The number of nitrogens with one attached hydrogen (secondary N) is 1. The quantitative estimate of drug-likeness (QED) is 0.531. The van der Waals surface area contributed by atoms with Crippen LogP contribution in [0.1, 0.15) is 52.0 Å². The zero-order valence-corrected chi connectivity index (χ0v) is 13.4. The highest BCUT2D eigenvalue weighted by atomic mass is 16.6. The van der Waals surface area contributed by atoms with Crippen molar-refractivity contribution in [3.05, 3.63) is 36.4 Å². The van der Waals surface area contributed by atoms with Gasteiger partial charge in [-0.3, -0.25) is 4.79 Å². The number of benzene rings is 1. The van der Waals surface area contributed by atoms with Crippen LogP contribution in [0, 0.1) is 0 Å². The molecule has 0 atom stereocenters. The fourth-order valence-corrected chi connectivity index (χ4v) is 1.80. The summed E-state index contributed by atoms with van der Waals surface area (Å²) in [5.41, 5.74) is 1.86. The fraction of sp³-hybridized carbons (Fsp3) is 0.500. The number of unbranched alkanes of at least 4 members (excludes halogenated alkanes) is 1. The number of rotatable bonds is 9. The molecule has 1 aromatic rings. The van der Waals surface area contributed by atoms with E-state index in [1.54, 1.807) is 0 Å². The van der Waals surface area contributed by atoms with Crippen LogP contribution in [0.4, 0.5) is 5.69 Å². The molecule has 1 rings (SSSR count). The number of hydrogen-bond donors (Lipinski definition) is 1. The van der Waals surface area contributed by atoms with E-state index in [1.165, 1.54) is 0 Å². The van der Waals surface area contributed by atoms with Crippen LogP contribution >= 0.6 is 0 Å². The lowest BCUT2D eigenvalue weighted by molar-refractivity contribution is -0.156. The lowest BCUT2D eigenvalue weighted by atomic mass is 10.1. The first-order chi connectivity index (χ1) is 9.96. The summed E-state index contributed by atoms with van der Waals surface area (Å²) in [5.74, 6) is -0.0998. The molecular formula is C18H27NO2. The van der Waals surface area contributed by atoms with Crippen LogP contribution in [-0.4, -0.2) is 18.1 Å². The Morgan fingerprint density at radius 1 is 1.29 bits per heavy atom. The van der Waals surface area contributed by atoms with Gasteiger partial charge in [0.1, 0.15) is 5.60 Å². The van der Waals surface area contributed by atoms with Crippen LogP contribution in [0.15, 0.2) is 30.8 Å². The van der Waals surface area contributed by atoms with Crippen molar-refractivity contribution >= 4 is 17.7 Å². The Morgan fingerprint density at radius 3 is 2.52 bits per heavy atom. The molecule has 21 heavy (non-hydrogen) atoms. The topological polar surface area (TPSA) is 38.3 Å². The van der Waals surface area contributed by atoms with Crippen LogP contribution in [0.2, 0.25) is 0 Å². The van der Waals surface area contributed by atoms with E-state index in [9.17, 15) is 4.79 Å². The molecule has 1 N–H and O–H groups in total. The molecule has 0 fully saturated rings. The van der Waals surface area contributed by atoms with Crippen molar-refractivity contribution in [3.8, 4) is 0 Å². The van der Waals surface area contributed by atoms with Crippen LogP contribution < -0.4 is 5.32 Å². The largest absolute Gasteiger partial charge is 0.460 e. The van der Waals surface area contributed by atoms with Crippen molar-refractivity contribution in [1.29, 1.82) is 0 Å². The Kier molecular flexibility index (Phi) is 7.00. The summed E-state index contributed by atoms with van der Waals surface area (Å²) in [5, 5.41) is 3.34. The molecule has 0 unspecified atom stereocenters. The lowest BCUT2D eigenvalue weighted by Crippen LogP contribution is -2.26. The standard InChI is InChI=1S/C18H27NO2/c1-5-15-10-12-16(13-11-15)19-14-8-7-9-17(20)21-18(3,4)6-2/h5,10-13,19H,1,6-9,14H2,2-4H3. The Morgan fingerprint density at radius 2 is 1.95 bits per heavy atom. The molecule has 0 radical (unpaired) electrons. The SMILES string of the molecule is C=Cc1ccc(NCCCCC(=O)OC(C)(C)CC)cc1. The summed E-state index contributed by atoms with van der Waals surface area (Å²) in [6.45, 7) is 10.5. The van der Waals surface area contributed by atoms with Crippen molar-refractivity contribution < 1.29 is 9.53 Å². The third-order valence-corrected chi connectivity index (χ3v) is 3.52. The zero-order chi connectivity index (χ0) is 15.7. The highest BCUT2D eigenvalue weighted by Gasteiger charge is 2.19. The Hall–Kier alpha value is -1.77. The summed E-state index contributed by atoms with van der Waals surface area (Å²) in [4.78, 5) is 11.7. The van der Waals surface area contributed by atoms with E-state index >= 15 is 0 Å². The molecule has 3 nitrogen and oxygen atoms in total. The van der Waals surface area contributed by atoms with Crippen molar-refractivity contribution in [1.82, 2.24) is 0 Å². The molecular weight excluding hydrogens is 262 g/mol. The second-order valence-corrected chi connectivity index (χ2v) is 5.80. The van der Waals surface area contributed by atoms with Crippen molar-refractivity contribution in [3.63, 3.8) is 0 Å². The van der Waals surface area contributed by atoms with Gasteiger partial charge in [0.15, 0.2) is 0 Å². The van der Waals surface area contributed by atoms with Crippen LogP contribution in [0.5, 0.6) is 0 Å². The maximum Gasteiger partial charge on any atom is 0.306 e. The number of esters is 1. The van der Waals surface area contributed by atoms with Crippen molar-refractivity contribution in [2.45, 2.75) is 52.1 Å². The minimum absolute atomic E-state index is 0.0998. The lowest BCUT2D eigenvalue weighted by Gasteiger charge is -2.23. The summed E-state index contributed by atoms with van der Waals surface area (Å²) in [6.07, 6.45) is 4.94. The molecule has 0 amide bonds.